The van der Waals surface area contributed by atoms with Crippen LogP contribution in [0.4, 0.5) is 0 Å². The summed E-state index contributed by atoms with van der Waals surface area (Å²) in [6, 6.07) is 11.0. The Balaban J connectivity index is 1.85. The lowest BCUT2D eigenvalue weighted by Crippen LogP contribution is -2.34. The molecule has 2 rings (SSSR count). The van der Waals surface area contributed by atoms with E-state index in [2.05, 4.69) is 0 Å². The van der Waals surface area contributed by atoms with Crippen molar-refractivity contribution in [3.8, 4) is 5.75 Å². The van der Waals surface area contributed by atoms with Gasteiger partial charge in [0.2, 0.25) is 0 Å². The van der Waals surface area contributed by atoms with Crippen molar-refractivity contribution in [3.63, 3.8) is 0 Å². The number of esters is 1. The molecule has 0 radical (unpaired) electrons. The Bertz CT molecular complexity index is 551. The van der Waals surface area contributed by atoms with Gasteiger partial charge in [0.05, 0.1) is 6.61 Å². The van der Waals surface area contributed by atoms with Crippen LogP contribution in [-0.2, 0) is 22.6 Å². The summed E-state index contributed by atoms with van der Waals surface area (Å²) in [7, 11) is 0. The first-order valence-corrected chi connectivity index (χ1v) is 7.73. The molecule has 2 aromatic rings. The van der Waals surface area contributed by atoms with Gasteiger partial charge in [-0.25, -0.2) is 0 Å². The normalized spacial score (nSPS) is 11.9. The molecule has 0 amide bonds. The smallest absolute Gasteiger partial charge is 0.323 e. The number of hydrogen-bond donors (Lipinski definition) is 1. The van der Waals surface area contributed by atoms with E-state index < -0.39 is 6.04 Å². The molecule has 1 aromatic heterocycles. The number of carbonyl (C=O) groups is 1. The SMILES string of the molecule is CCOC(=O)C(N)Cc1ccc(OCc2cccs2)cc1. The van der Waals surface area contributed by atoms with Gasteiger partial charge >= 0.3 is 5.97 Å². The zero-order valence-electron chi connectivity index (χ0n) is 12.0. The number of hydrogen-bond acceptors (Lipinski definition) is 5. The van der Waals surface area contributed by atoms with E-state index in [4.69, 9.17) is 15.2 Å². The first-order valence-electron chi connectivity index (χ1n) is 6.85. The Kier molecular flexibility index (Phi) is 5.78. The highest BCUT2D eigenvalue weighted by Gasteiger charge is 2.14. The van der Waals surface area contributed by atoms with Gasteiger partial charge in [0.1, 0.15) is 18.4 Å². The van der Waals surface area contributed by atoms with Crippen molar-refractivity contribution in [2.75, 3.05) is 6.61 Å². The highest BCUT2D eigenvalue weighted by molar-refractivity contribution is 7.09. The third kappa shape index (κ3) is 4.88. The summed E-state index contributed by atoms with van der Waals surface area (Å²) < 4.78 is 10.6. The zero-order valence-corrected chi connectivity index (χ0v) is 12.8. The predicted molar refractivity (Wildman–Crippen MR) is 83.4 cm³/mol. The standard InChI is InChI=1S/C16H19NO3S/c1-2-19-16(18)15(17)10-12-5-7-13(8-6-12)20-11-14-4-3-9-21-14/h3-9,15H,2,10-11,17H2,1H3. The Labute approximate surface area is 128 Å². The van der Waals surface area contributed by atoms with Crippen LogP contribution in [0, 0.1) is 0 Å². The minimum atomic E-state index is -0.622. The van der Waals surface area contributed by atoms with Crippen LogP contribution in [0.3, 0.4) is 0 Å². The molecule has 112 valence electrons. The van der Waals surface area contributed by atoms with Crippen LogP contribution >= 0.6 is 11.3 Å². The van der Waals surface area contributed by atoms with Gasteiger partial charge in [0.15, 0.2) is 0 Å². The second-order valence-corrected chi connectivity index (χ2v) is 5.61. The van der Waals surface area contributed by atoms with Crippen LogP contribution in [0.2, 0.25) is 0 Å². The number of benzene rings is 1. The number of rotatable bonds is 7. The lowest BCUT2D eigenvalue weighted by molar-refractivity contribution is -0.144. The topological polar surface area (TPSA) is 61.5 Å². The quantitative estimate of drug-likeness (QED) is 0.799. The Morgan fingerprint density at radius 1 is 1.29 bits per heavy atom. The number of ether oxygens (including phenoxy) is 2. The predicted octanol–water partition coefficient (Wildman–Crippen LogP) is 2.76. The maximum absolute atomic E-state index is 11.5. The summed E-state index contributed by atoms with van der Waals surface area (Å²) in [5.41, 5.74) is 6.78. The second-order valence-electron chi connectivity index (χ2n) is 4.57. The van der Waals surface area contributed by atoms with Crippen LogP contribution in [0.25, 0.3) is 0 Å². The third-order valence-corrected chi connectivity index (χ3v) is 3.78. The van der Waals surface area contributed by atoms with Gasteiger partial charge in [0.25, 0.3) is 0 Å². The fourth-order valence-corrected chi connectivity index (χ4v) is 2.47. The first kappa shape index (κ1) is 15.5. The molecule has 0 fully saturated rings. The van der Waals surface area contributed by atoms with Crippen molar-refractivity contribution < 1.29 is 14.3 Å². The van der Waals surface area contributed by atoms with E-state index >= 15 is 0 Å². The summed E-state index contributed by atoms with van der Waals surface area (Å²) in [6.07, 6.45) is 0.462. The molecule has 5 heteroatoms. The van der Waals surface area contributed by atoms with Crippen molar-refractivity contribution in [3.05, 3.63) is 52.2 Å². The minimum Gasteiger partial charge on any atom is -0.488 e. The van der Waals surface area contributed by atoms with Crippen molar-refractivity contribution in [2.45, 2.75) is 26.0 Å². The Morgan fingerprint density at radius 3 is 2.67 bits per heavy atom. The molecule has 1 aromatic carbocycles. The first-order chi connectivity index (χ1) is 10.2. The van der Waals surface area contributed by atoms with Crippen molar-refractivity contribution in [1.29, 1.82) is 0 Å². The van der Waals surface area contributed by atoms with Gasteiger partial charge < -0.3 is 15.2 Å². The van der Waals surface area contributed by atoms with E-state index in [9.17, 15) is 4.79 Å². The molecule has 4 nitrogen and oxygen atoms in total. The monoisotopic (exact) mass is 305 g/mol. The fraction of sp³-hybridized carbons (Fsp3) is 0.312. The zero-order chi connectivity index (χ0) is 15.1. The Hall–Kier alpha value is -1.85. The van der Waals surface area contributed by atoms with Crippen LogP contribution in [0.15, 0.2) is 41.8 Å². The average molecular weight is 305 g/mol. The molecule has 1 unspecified atom stereocenters. The van der Waals surface area contributed by atoms with E-state index in [-0.39, 0.29) is 5.97 Å². The van der Waals surface area contributed by atoms with E-state index in [0.29, 0.717) is 19.6 Å². The van der Waals surface area contributed by atoms with E-state index in [1.54, 1.807) is 18.3 Å². The third-order valence-electron chi connectivity index (χ3n) is 2.93. The van der Waals surface area contributed by atoms with Crippen LogP contribution < -0.4 is 10.5 Å². The molecule has 21 heavy (non-hydrogen) atoms. The van der Waals surface area contributed by atoms with Crippen molar-refractivity contribution in [1.82, 2.24) is 0 Å². The Morgan fingerprint density at radius 2 is 2.05 bits per heavy atom. The van der Waals surface area contributed by atoms with Gasteiger partial charge in [-0.05, 0) is 42.5 Å². The van der Waals surface area contributed by atoms with Gasteiger partial charge in [-0.1, -0.05) is 18.2 Å². The summed E-state index contributed by atoms with van der Waals surface area (Å²) in [6.45, 7) is 2.69. The molecule has 0 saturated carbocycles. The van der Waals surface area contributed by atoms with Crippen LogP contribution in [-0.4, -0.2) is 18.6 Å². The lowest BCUT2D eigenvalue weighted by Gasteiger charge is -2.11. The summed E-state index contributed by atoms with van der Waals surface area (Å²) in [5, 5.41) is 2.03. The highest BCUT2D eigenvalue weighted by Crippen LogP contribution is 2.17. The number of thiophene rings is 1. The number of nitrogens with two attached hydrogens (primary N) is 1. The molecule has 0 bridgehead atoms. The van der Waals surface area contributed by atoms with Gasteiger partial charge in [-0.3, -0.25) is 4.79 Å². The second kappa shape index (κ2) is 7.81. The summed E-state index contributed by atoms with van der Waals surface area (Å²) in [5.74, 6) is 0.437. The van der Waals surface area contributed by atoms with Gasteiger partial charge in [-0.15, -0.1) is 11.3 Å². The van der Waals surface area contributed by atoms with Gasteiger partial charge in [0, 0.05) is 4.88 Å². The summed E-state index contributed by atoms with van der Waals surface area (Å²) in [4.78, 5) is 12.7. The molecule has 0 aliphatic heterocycles. The molecular weight excluding hydrogens is 286 g/mol. The van der Waals surface area contributed by atoms with E-state index in [0.717, 1.165) is 11.3 Å². The largest absolute Gasteiger partial charge is 0.488 e. The van der Waals surface area contributed by atoms with Crippen molar-refractivity contribution >= 4 is 17.3 Å². The molecule has 0 aliphatic carbocycles. The van der Waals surface area contributed by atoms with Gasteiger partial charge in [-0.2, -0.15) is 0 Å². The molecule has 0 aliphatic rings. The molecule has 0 spiro atoms. The lowest BCUT2D eigenvalue weighted by atomic mass is 10.1. The maximum Gasteiger partial charge on any atom is 0.323 e. The number of carbonyl (C=O) groups excluding carboxylic acids is 1. The maximum atomic E-state index is 11.5. The highest BCUT2D eigenvalue weighted by atomic mass is 32.1. The van der Waals surface area contributed by atoms with Crippen LogP contribution in [0.1, 0.15) is 17.4 Å². The van der Waals surface area contributed by atoms with E-state index in [1.165, 1.54) is 4.88 Å². The molecular formula is C16H19NO3S. The molecule has 0 saturated heterocycles. The van der Waals surface area contributed by atoms with Crippen molar-refractivity contribution in [2.24, 2.45) is 5.73 Å². The molecule has 1 heterocycles. The fourth-order valence-electron chi connectivity index (χ4n) is 1.86. The molecule has 1 atom stereocenters. The minimum absolute atomic E-state index is 0.349. The molecule has 2 N–H and O–H groups in total. The van der Waals surface area contributed by atoms with E-state index in [1.807, 2.05) is 41.8 Å². The summed E-state index contributed by atoms with van der Waals surface area (Å²) >= 11 is 1.67. The van der Waals surface area contributed by atoms with Crippen LogP contribution in [0.5, 0.6) is 5.75 Å². The average Bonchev–Trinajstić information content (AvgIpc) is 3.00.